The normalized spacial score (nSPS) is 27.9. The van der Waals surface area contributed by atoms with Crippen LogP contribution in [-0.2, 0) is 14.8 Å². The molecule has 2 aliphatic heterocycles. The van der Waals surface area contributed by atoms with Gasteiger partial charge in [-0.15, -0.1) is 0 Å². The molecule has 3 unspecified atom stereocenters. The minimum Gasteiger partial charge on any atom is -0.381 e. The van der Waals surface area contributed by atoms with E-state index in [4.69, 9.17) is 16.3 Å². The Kier molecular flexibility index (Phi) is 7.41. The van der Waals surface area contributed by atoms with Crippen molar-refractivity contribution in [1.82, 2.24) is 14.3 Å². The van der Waals surface area contributed by atoms with Crippen molar-refractivity contribution >= 4 is 27.6 Å². The lowest BCUT2D eigenvalue weighted by Crippen LogP contribution is -2.35. The monoisotopic (exact) mass is 470 g/mol. The molecule has 1 saturated carbocycles. The lowest BCUT2D eigenvalue weighted by atomic mass is 9.90. The smallest absolute Gasteiger partial charge is 0.225 e. The summed E-state index contributed by atoms with van der Waals surface area (Å²) in [5.74, 6) is 3.57. The molecule has 0 radical (unpaired) electrons. The molecule has 1 aromatic rings. The molecule has 3 atom stereocenters. The predicted octanol–water partition coefficient (Wildman–Crippen LogP) is 3.45. The highest BCUT2D eigenvalue weighted by molar-refractivity contribution is 7.89. The number of rotatable bonds is 9. The molecule has 0 spiro atoms. The molecule has 3 heterocycles. The summed E-state index contributed by atoms with van der Waals surface area (Å²) in [6.07, 6.45) is 9.11. The summed E-state index contributed by atoms with van der Waals surface area (Å²) in [6, 6.07) is 0. The van der Waals surface area contributed by atoms with Gasteiger partial charge < -0.3 is 9.64 Å². The van der Waals surface area contributed by atoms with Crippen LogP contribution in [0.1, 0.15) is 46.0 Å². The predicted molar refractivity (Wildman–Crippen MR) is 123 cm³/mol. The van der Waals surface area contributed by atoms with Crippen molar-refractivity contribution in [3.05, 3.63) is 17.4 Å². The van der Waals surface area contributed by atoms with Crippen LogP contribution in [-0.4, -0.2) is 67.3 Å². The maximum absolute atomic E-state index is 12.3. The summed E-state index contributed by atoms with van der Waals surface area (Å²) in [6.45, 7) is 8.27. The lowest BCUT2D eigenvalue weighted by Gasteiger charge is -2.32. The Morgan fingerprint density at radius 3 is 2.55 bits per heavy atom. The highest BCUT2D eigenvalue weighted by Crippen LogP contribution is 2.49. The number of hydrogen-bond donors (Lipinski definition) is 0. The Bertz CT molecular complexity index is 828. The van der Waals surface area contributed by atoms with Crippen LogP contribution in [0, 0.1) is 23.7 Å². The molecule has 31 heavy (non-hydrogen) atoms. The number of sulfonamides is 1. The zero-order chi connectivity index (χ0) is 22.0. The van der Waals surface area contributed by atoms with Gasteiger partial charge in [-0.2, -0.15) is 0 Å². The van der Waals surface area contributed by atoms with Crippen LogP contribution in [0.2, 0.25) is 5.02 Å². The molecule has 1 aromatic heterocycles. The van der Waals surface area contributed by atoms with E-state index in [0.29, 0.717) is 30.6 Å². The highest BCUT2D eigenvalue weighted by Gasteiger charge is 2.43. The first-order valence-electron chi connectivity index (χ1n) is 11.6. The van der Waals surface area contributed by atoms with E-state index >= 15 is 0 Å². The molecule has 0 amide bonds. The van der Waals surface area contributed by atoms with E-state index in [-0.39, 0.29) is 5.25 Å². The second kappa shape index (κ2) is 9.89. The van der Waals surface area contributed by atoms with Gasteiger partial charge in [0.05, 0.1) is 29.3 Å². The van der Waals surface area contributed by atoms with Crippen LogP contribution in [0.4, 0.5) is 5.95 Å². The van der Waals surface area contributed by atoms with Crippen LogP contribution >= 0.6 is 11.6 Å². The van der Waals surface area contributed by atoms with Gasteiger partial charge in [0.25, 0.3) is 0 Å². The molecular weight excluding hydrogens is 436 g/mol. The van der Waals surface area contributed by atoms with Crippen molar-refractivity contribution < 1.29 is 13.2 Å². The molecule has 3 fully saturated rings. The summed E-state index contributed by atoms with van der Waals surface area (Å²) in [5.41, 5.74) is 0. The van der Waals surface area contributed by atoms with E-state index in [9.17, 15) is 8.42 Å². The van der Waals surface area contributed by atoms with Gasteiger partial charge in [0.1, 0.15) is 0 Å². The van der Waals surface area contributed by atoms with Gasteiger partial charge in [-0.05, 0) is 69.6 Å². The van der Waals surface area contributed by atoms with Crippen LogP contribution in [0.5, 0.6) is 0 Å². The van der Waals surface area contributed by atoms with E-state index in [1.54, 1.807) is 30.5 Å². The number of hydrogen-bond acceptors (Lipinski definition) is 6. The minimum atomic E-state index is -3.13. The molecule has 0 N–H and O–H groups in total. The first-order chi connectivity index (χ1) is 14.8. The zero-order valence-electron chi connectivity index (χ0n) is 18.6. The molecule has 7 nitrogen and oxygen atoms in total. The van der Waals surface area contributed by atoms with Gasteiger partial charge in [-0.25, -0.2) is 22.7 Å². The number of ether oxygens (including phenoxy) is 1. The number of halogens is 1. The summed E-state index contributed by atoms with van der Waals surface area (Å²) in [7, 11) is -3.13. The molecular formula is C22H35ClN4O3S. The number of piperidine rings is 1. The fraction of sp³-hybridized carbons (Fsp3) is 0.818. The molecule has 174 valence electrons. The quantitative estimate of drug-likeness (QED) is 0.514. The Balaban J connectivity index is 1.10. The van der Waals surface area contributed by atoms with Crippen molar-refractivity contribution in [3.8, 4) is 0 Å². The van der Waals surface area contributed by atoms with E-state index in [1.165, 1.54) is 19.3 Å². The molecule has 1 aliphatic carbocycles. The largest absolute Gasteiger partial charge is 0.381 e. The number of aromatic nitrogens is 2. The first kappa shape index (κ1) is 23.2. The number of anilines is 1. The molecule has 4 rings (SSSR count). The zero-order valence-corrected chi connectivity index (χ0v) is 20.2. The SMILES string of the molecule is CC(C)S(=O)(=O)N1CCC(COCCC2CC2C2CCN(c3ncc(Cl)cn3)CC2)C1. The Labute approximate surface area is 191 Å². The third kappa shape index (κ3) is 5.70. The van der Waals surface area contributed by atoms with E-state index < -0.39 is 10.0 Å². The highest BCUT2D eigenvalue weighted by atomic mass is 35.5. The van der Waals surface area contributed by atoms with Crippen molar-refractivity contribution in [2.75, 3.05) is 44.3 Å². The van der Waals surface area contributed by atoms with Crippen LogP contribution in [0.3, 0.4) is 0 Å². The molecule has 2 saturated heterocycles. The third-order valence-corrected chi connectivity index (χ3v) is 9.64. The average Bonchev–Trinajstić information content (AvgIpc) is 3.37. The summed E-state index contributed by atoms with van der Waals surface area (Å²) < 4.78 is 32.1. The van der Waals surface area contributed by atoms with Crippen molar-refractivity contribution in [1.29, 1.82) is 0 Å². The number of nitrogens with zero attached hydrogens (tertiary/aromatic N) is 4. The lowest BCUT2D eigenvalue weighted by molar-refractivity contribution is 0.0968. The minimum absolute atomic E-state index is 0.336. The molecule has 0 aromatic carbocycles. The van der Waals surface area contributed by atoms with Crippen LogP contribution < -0.4 is 4.90 Å². The van der Waals surface area contributed by atoms with Gasteiger partial charge in [0.15, 0.2) is 0 Å². The van der Waals surface area contributed by atoms with Gasteiger partial charge >= 0.3 is 0 Å². The van der Waals surface area contributed by atoms with E-state index in [1.807, 2.05) is 0 Å². The summed E-state index contributed by atoms with van der Waals surface area (Å²) >= 11 is 5.88. The summed E-state index contributed by atoms with van der Waals surface area (Å²) in [4.78, 5) is 10.9. The molecule has 9 heteroatoms. The van der Waals surface area contributed by atoms with Crippen molar-refractivity contribution in [2.24, 2.45) is 23.7 Å². The van der Waals surface area contributed by atoms with Gasteiger partial charge in [0, 0.05) is 32.8 Å². The Morgan fingerprint density at radius 1 is 1.16 bits per heavy atom. The Hall–Kier alpha value is -0.960. The topological polar surface area (TPSA) is 75.6 Å². The second-order valence-electron chi connectivity index (χ2n) is 9.66. The maximum atomic E-state index is 12.3. The van der Waals surface area contributed by atoms with Crippen LogP contribution in [0.15, 0.2) is 12.4 Å². The fourth-order valence-electron chi connectivity index (χ4n) is 5.12. The van der Waals surface area contributed by atoms with E-state index in [2.05, 4.69) is 14.9 Å². The van der Waals surface area contributed by atoms with E-state index in [0.717, 1.165) is 56.2 Å². The van der Waals surface area contributed by atoms with Crippen molar-refractivity contribution in [2.45, 2.75) is 51.2 Å². The Morgan fingerprint density at radius 2 is 1.87 bits per heavy atom. The third-order valence-electron chi connectivity index (χ3n) is 7.20. The molecule has 0 bridgehead atoms. The van der Waals surface area contributed by atoms with Gasteiger partial charge in [-0.1, -0.05) is 11.6 Å². The van der Waals surface area contributed by atoms with Gasteiger partial charge in [-0.3, -0.25) is 0 Å². The standard InChI is InChI=1S/C22H35ClN4O3S/c1-16(2)31(28,29)27-9-3-17(14-27)15-30-10-6-19-11-21(19)18-4-7-26(8-5-18)22-24-12-20(23)13-25-22/h12-13,16-19,21H,3-11,14-15H2,1-2H3. The van der Waals surface area contributed by atoms with Crippen LogP contribution in [0.25, 0.3) is 0 Å². The maximum Gasteiger partial charge on any atom is 0.225 e. The average molecular weight is 471 g/mol. The molecule has 3 aliphatic rings. The van der Waals surface area contributed by atoms with Gasteiger partial charge in [0.2, 0.25) is 16.0 Å². The van der Waals surface area contributed by atoms with Crippen molar-refractivity contribution in [3.63, 3.8) is 0 Å². The first-order valence-corrected chi connectivity index (χ1v) is 13.5. The fourth-order valence-corrected chi connectivity index (χ4v) is 6.60. The second-order valence-corrected chi connectivity index (χ2v) is 12.6. The summed E-state index contributed by atoms with van der Waals surface area (Å²) in [5, 5.41) is 0.233.